The number of methoxy groups -OCH3 is 1. The second-order valence-corrected chi connectivity index (χ2v) is 5.41. The van der Waals surface area contributed by atoms with Crippen LogP contribution in [0, 0.1) is 11.7 Å². The first-order valence-electron chi connectivity index (χ1n) is 7.11. The molecule has 0 unspecified atom stereocenters. The monoisotopic (exact) mass is 324 g/mol. The van der Waals surface area contributed by atoms with Crippen molar-refractivity contribution in [3.8, 4) is 17.1 Å². The topological polar surface area (TPSA) is 55.2 Å². The normalized spacial score (nSPS) is 11.0. The molecular formula is C17H16N4OS. The molecule has 0 aliphatic heterocycles. The number of hydrogen-bond donors (Lipinski definition) is 1. The Kier molecular flexibility index (Phi) is 4.34. The van der Waals surface area contributed by atoms with Crippen LogP contribution in [0.15, 0.2) is 53.6 Å². The molecule has 0 fully saturated rings. The molecule has 5 nitrogen and oxygen atoms in total. The fourth-order valence-electron chi connectivity index (χ4n) is 2.18. The maximum atomic E-state index is 5.39. The predicted octanol–water partition coefficient (Wildman–Crippen LogP) is 3.81. The van der Waals surface area contributed by atoms with E-state index in [1.165, 1.54) is 5.56 Å². The number of para-hydroxylation sites is 1. The molecule has 0 aliphatic carbocycles. The number of hydrogen-bond acceptors (Lipinski definition) is 4. The molecule has 0 radical (unpaired) electrons. The lowest BCUT2D eigenvalue weighted by molar-refractivity contribution is 0.416. The van der Waals surface area contributed by atoms with Crippen molar-refractivity contribution in [2.24, 2.45) is 5.10 Å². The molecule has 0 spiro atoms. The van der Waals surface area contributed by atoms with Gasteiger partial charge in [0.2, 0.25) is 4.77 Å². The Balaban J connectivity index is 2.02. The highest BCUT2D eigenvalue weighted by Crippen LogP contribution is 2.27. The number of ether oxygens (including phenoxy) is 1. The van der Waals surface area contributed by atoms with Crippen LogP contribution in [-0.2, 0) is 0 Å². The van der Waals surface area contributed by atoms with Crippen molar-refractivity contribution in [3.05, 3.63) is 64.4 Å². The Hall–Kier alpha value is -2.73. The molecule has 0 atom stereocenters. The van der Waals surface area contributed by atoms with Crippen LogP contribution in [0.1, 0.15) is 11.1 Å². The summed E-state index contributed by atoms with van der Waals surface area (Å²) in [5.41, 5.74) is 3.02. The summed E-state index contributed by atoms with van der Waals surface area (Å²) in [4.78, 5) is 0. The van der Waals surface area contributed by atoms with Crippen LogP contribution >= 0.6 is 12.2 Å². The molecule has 1 heterocycles. The highest BCUT2D eigenvalue weighted by molar-refractivity contribution is 7.71. The molecule has 0 saturated heterocycles. The highest BCUT2D eigenvalue weighted by Gasteiger charge is 2.12. The maximum Gasteiger partial charge on any atom is 0.216 e. The summed E-state index contributed by atoms with van der Waals surface area (Å²) in [5.74, 6) is 1.32. The highest BCUT2D eigenvalue weighted by atomic mass is 32.1. The average Bonchev–Trinajstić information content (AvgIpc) is 2.95. The van der Waals surface area contributed by atoms with Crippen LogP contribution in [0.5, 0.6) is 5.75 Å². The third kappa shape index (κ3) is 3.22. The van der Waals surface area contributed by atoms with Gasteiger partial charge in [0.1, 0.15) is 5.75 Å². The van der Waals surface area contributed by atoms with Crippen molar-refractivity contribution in [3.63, 3.8) is 0 Å². The lowest BCUT2D eigenvalue weighted by Crippen LogP contribution is -1.97. The third-order valence-corrected chi connectivity index (χ3v) is 3.66. The summed E-state index contributed by atoms with van der Waals surface area (Å²) in [5, 5.41) is 11.5. The molecule has 116 valence electrons. The van der Waals surface area contributed by atoms with Gasteiger partial charge in [0.15, 0.2) is 5.82 Å². The second-order valence-electron chi connectivity index (χ2n) is 5.02. The van der Waals surface area contributed by atoms with Crippen LogP contribution in [0.2, 0.25) is 0 Å². The largest absolute Gasteiger partial charge is 0.496 e. The van der Waals surface area contributed by atoms with Gasteiger partial charge in [-0.2, -0.15) is 14.9 Å². The van der Waals surface area contributed by atoms with Gasteiger partial charge >= 0.3 is 0 Å². The maximum absolute atomic E-state index is 5.39. The Morgan fingerprint density at radius 1 is 1.17 bits per heavy atom. The van der Waals surface area contributed by atoms with E-state index in [-0.39, 0.29) is 0 Å². The van der Waals surface area contributed by atoms with Crippen LogP contribution in [0.25, 0.3) is 11.4 Å². The first kappa shape index (κ1) is 15.2. The second kappa shape index (κ2) is 6.58. The van der Waals surface area contributed by atoms with Crippen molar-refractivity contribution in [1.29, 1.82) is 0 Å². The van der Waals surface area contributed by atoms with Gasteiger partial charge in [-0.15, -0.1) is 0 Å². The zero-order valence-electron chi connectivity index (χ0n) is 12.9. The van der Waals surface area contributed by atoms with Gasteiger partial charge in [-0.05, 0) is 36.8 Å². The minimum absolute atomic E-state index is 0.425. The fourth-order valence-corrected chi connectivity index (χ4v) is 2.36. The summed E-state index contributed by atoms with van der Waals surface area (Å²) < 4.78 is 7.40. The molecule has 3 aromatic rings. The Labute approximate surface area is 139 Å². The van der Waals surface area contributed by atoms with Crippen LogP contribution in [0.3, 0.4) is 0 Å². The number of benzene rings is 2. The fraction of sp³-hybridized carbons (Fsp3) is 0.118. The molecule has 1 N–H and O–H groups in total. The Bertz CT molecular complexity index is 893. The number of aryl methyl sites for hydroxylation is 1. The van der Waals surface area contributed by atoms with E-state index in [4.69, 9.17) is 17.0 Å². The van der Waals surface area contributed by atoms with Crippen molar-refractivity contribution in [2.45, 2.75) is 6.92 Å². The molecule has 2 aromatic carbocycles. The summed E-state index contributed by atoms with van der Waals surface area (Å²) >= 11 is 5.28. The molecule has 0 bridgehead atoms. The molecular weight excluding hydrogens is 308 g/mol. The predicted molar refractivity (Wildman–Crippen MR) is 93.6 cm³/mol. The van der Waals surface area contributed by atoms with Gasteiger partial charge in [-0.1, -0.05) is 42.0 Å². The smallest absolute Gasteiger partial charge is 0.216 e. The van der Waals surface area contributed by atoms with Gasteiger partial charge in [-0.25, -0.2) is 5.10 Å². The molecule has 0 saturated carbocycles. The van der Waals surface area contributed by atoms with Crippen molar-refractivity contribution >= 4 is 18.4 Å². The van der Waals surface area contributed by atoms with Crippen molar-refractivity contribution in [1.82, 2.24) is 14.9 Å². The minimum Gasteiger partial charge on any atom is -0.496 e. The first-order chi connectivity index (χ1) is 11.2. The first-order valence-corrected chi connectivity index (χ1v) is 7.51. The van der Waals surface area contributed by atoms with Crippen molar-refractivity contribution in [2.75, 3.05) is 7.11 Å². The Morgan fingerprint density at radius 3 is 2.65 bits per heavy atom. The van der Waals surface area contributed by atoms with Crippen LogP contribution < -0.4 is 4.74 Å². The van der Waals surface area contributed by atoms with E-state index in [0.717, 1.165) is 11.1 Å². The number of rotatable bonds is 4. The van der Waals surface area contributed by atoms with Crippen LogP contribution in [-0.4, -0.2) is 28.2 Å². The summed E-state index contributed by atoms with van der Waals surface area (Å²) in [6.07, 6.45) is 1.75. The third-order valence-electron chi connectivity index (χ3n) is 3.40. The molecule has 3 rings (SSSR count). The molecule has 0 aliphatic rings. The summed E-state index contributed by atoms with van der Waals surface area (Å²) in [6.45, 7) is 2.05. The summed E-state index contributed by atoms with van der Waals surface area (Å²) in [7, 11) is 1.63. The summed E-state index contributed by atoms with van der Waals surface area (Å²) in [6, 6.07) is 15.7. The van der Waals surface area contributed by atoms with E-state index in [0.29, 0.717) is 16.3 Å². The minimum atomic E-state index is 0.425. The molecule has 1 aromatic heterocycles. The molecule has 0 amide bonds. The van der Waals surface area contributed by atoms with Gasteiger partial charge < -0.3 is 4.74 Å². The lowest BCUT2D eigenvalue weighted by Gasteiger charge is -2.06. The van der Waals surface area contributed by atoms with E-state index < -0.39 is 0 Å². The Morgan fingerprint density at radius 2 is 1.91 bits per heavy atom. The quantitative estimate of drug-likeness (QED) is 0.586. The van der Waals surface area contributed by atoms with E-state index in [1.807, 2.05) is 55.5 Å². The average molecular weight is 324 g/mol. The molecule has 6 heteroatoms. The standard InChI is InChI=1S/C17H16N4OS/c1-12-7-9-13(10-8-12)11-18-21-16(19-20-17(21)23)14-5-3-4-6-15(14)22-2/h3-11H,1-2H3,(H,20,23). The number of aromatic nitrogens is 3. The van der Waals surface area contributed by atoms with Gasteiger partial charge in [-0.3, -0.25) is 0 Å². The van der Waals surface area contributed by atoms with E-state index in [2.05, 4.69) is 15.3 Å². The number of nitrogens with zero attached hydrogens (tertiary/aromatic N) is 3. The van der Waals surface area contributed by atoms with Gasteiger partial charge in [0.05, 0.1) is 18.9 Å². The number of nitrogens with one attached hydrogen (secondary N) is 1. The van der Waals surface area contributed by atoms with E-state index in [9.17, 15) is 0 Å². The van der Waals surface area contributed by atoms with E-state index in [1.54, 1.807) is 18.0 Å². The van der Waals surface area contributed by atoms with Gasteiger partial charge in [0, 0.05) is 0 Å². The molecule has 23 heavy (non-hydrogen) atoms. The zero-order chi connectivity index (χ0) is 16.2. The zero-order valence-corrected chi connectivity index (χ0v) is 13.7. The lowest BCUT2D eigenvalue weighted by atomic mass is 10.2. The van der Waals surface area contributed by atoms with Crippen LogP contribution in [0.4, 0.5) is 0 Å². The van der Waals surface area contributed by atoms with Crippen molar-refractivity contribution < 1.29 is 4.74 Å². The van der Waals surface area contributed by atoms with Gasteiger partial charge in [0.25, 0.3) is 0 Å². The van der Waals surface area contributed by atoms with E-state index >= 15 is 0 Å². The number of aromatic amines is 1. The number of H-pyrrole nitrogens is 1. The SMILES string of the molecule is COc1ccccc1-c1n[nH]c(=S)n1N=Cc1ccc(C)cc1.